The Balaban J connectivity index is 2.91. The van der Waals surface area contributed by atoms with Gasteiger partial charge >= 0.3 is 11.9 Å². The number of rotatable bonds is 4. The van der Waals surface area contributed by atoms with Gasteiger partial charge in [0.1, 0.15) is 0 Å². The average Bonchev–Trinajstić information content (AvgIpc) is 2.42. The molecule has 0 saturated heterocycles. The Morgan fingerprint density at radius 3 is 1.35 bits per heavy atom. The quantitative estimate of drug-likeness (QED) is 0.734. The average molecular weight is 394 g/mol. The van der Waals surface area contributed by atoms with E-state index in [1.165, 1.54) is 36.4 Å². The fourth-order valence-electron chi connectivity index (χ4n) is 2.28. The predicted molar refractivity (Wildman–Crippen MR) is 89.0 cm³/mol. The first-order valence-electron chi connectivity index (χ1n) is 6.09. The van der Waals surface area contributed by atoms with E-state index >= 15 is 0 Å². The summed E-state index contributed by atoms with van der Waals surface area (Å²) in [5.41, 5.74) is -2.82. The molecule has 2 rings (SSSR count). The molecule has 0 unspecified atom stereocenters. The van der Waals surface area contributed by atoms with E-state index in [0.29, 0.717) is 0 Å². The van der Waals surface area contributed by atoms with Gasteiger partial charge in [-0.3, -0.25) is 9.59 Å². The minimum atomic E-state index is -2.50. The first-order chi connectivity index (χ1) is 10.7. The van der Waals surface area contributed by atoms with Gasteiger partial charge in [-0.1, -0.05) is 58.5 Å². The van der Waals surface area contributed by atoms with Crippen molar-refractivity contribution >= 4 is 58.3 Å². The molecular weight excluding hydrogens is 386 g/mol. The molecule has 0 aliphatic rings. The fourth-order valence-corrected chi connectivity index (χ4v) is 3.39. The lowest BCUT2D eigenvalue weighted by Gasteiger charge is -2.28. The minimum absolute atomic E-state index is 0.103. The van der Waals surface area contributed by atoms with Crippen LogP contribution in [0.4, 0.5) is 0 Å². The van der Waals surface area contributed by atoms with Crippen LogP contribution in [0.25, 0.3) is 0 Å². The summed E-state index contributed by atoms with van der Waals surface area (Å²) < 4.78 is 0. The number of carboxylic acids is 2. The van der Waals surface area contributed by atoms with Gasteiger partial charge in [0, 0.05) is 31.2 Å². The van der Waals surface area contributed by atoms with Crippen molar-refractivity contribution in [3.8, 4) is 0 Å². The van der Waals surface area contributed by atoms with E-state index in [2.05, 4.69) is 0 Å². The van der Waals surface area contributed by atoms with E-state index in [-0.39, 0.29) is 31.2 Å². The zero-order chi connectivity index (χ0) is 17.4. The minimum Gasteiger partial charge on any atom is -0.480 e. The highest BCUT2D eigenvalue weighted by atomic mass is 35.5. The summed E-state index contributed by atoms with van der Waals surface area (Å²) in [6.45, 7) is 0. The number of halogens is 4. The van der Waals surface area contributed by atoms with Gasteiger partial charge in [0.2, 0.25) is 5.41 Å². The maximum Gasteiger partial charge on any atom is 0.330 e. The standard InChI is InChI=1S/C15H8Cl4O4/c16-7-1-3-9(11(18)5-7)15(13(20)21,14(22)23)10-4-2-8(17)6-12(10)19/h1-6H,(H,20,21)(H,22,23). The number of aliphatic carboxylic acids is 2. The molecule has 0 aliphatic heterocycles. The smallest absolute Gasteiger partial charge is 0.330 e. The van der Waals surface area contributed by atoms with Crippen molar-refractivity contribution in [2.75, 3.05) is 0 Å². The summed E-state index contributed by atoms with van der Waals surface area (Å²) in [4.78, 5) is 23.9. The van der Waals surface area contributed by atoms with Gasteiger partial charge in [0.05, 0.1) is 0 Å². The predicted octanol–water partition coefficient (Wildman–Crippen LogP) is 4.76. The van der Waals surface area contributed by atoms with E-state index in [1.807, 2.05) is 0 Å². The second kappa shape index (κ2) is 6.57. The summed E-state index contributed by atoms with van der Waals surface area (Å²) in [6, 6.07) is 7.74. The van der Waals surface area contributed by atoms with Crippen molar-refractivity contribution < 1.29 is 19.8 Å². The highest BCUT2D eigenvalue weighted by Crippen LogP contribution is 2.42. The zero-order valence-corrected chi connectivity index (χ0v) is 14.2. The Morgan fingerprint density at radius 2 is 1.09 bits per heavy atom. The number of hydrogen-bond acceptors (Lipinski definition) is 2. The Labute approximate surface area is 151 Å². The number of carbonyl (C=O) groups is 2. The molecule has 8 heteroatoms. The summed E-state index contributed by atoms with van der Waals surface area (Å²) in [7, 11) is 0. The van der Waals surface area contributed by atoms with Gasteiger partial charge in [-0.2, -0.15) is 0 Å². The molecule has 0 bridgehead atoms. The van der Waals surface area contributed by atoms with Gasteiger partial charge in [0.15, 0.2) is 0 Å². The summed E-state index contributed by atoms with van der Waals surface area (Å²) in [5, 5.41) is 19.7. The third kappa shape index (κ3) is 3.00. The highest BCUT2D eigenvalue weighted by Gasteiger charge is 2.52. The lowest BCUT2D eigenvalue weighted by molar-refractivity contribution is -0.155. The van der Waals surface area contributed by atoms with Crippen LogP contribution in [0.15, 0.2) is 36.4 Å². The van der Waals surface area contributed by atoms with Gasteiger partial charge in [-0.25, -0.2) is 0 Å². The largest absolute Gasteiger partial charge is 0.480 e. The van der Waals surface area contributed by atoms with Crippen LogP contribution >= 0.6 is 46.4 Å². The van der Waals surface area contributed by atoms with E-state index in [1.54, 1.807) is 0 Å². The molecule has 0 atom stereocenters. The Morgan fingerprint density at radius 1 is 0.739 bits per heavy atom. The topological polar surface area (TPSA) is 74.6 Å². The van der Waals surface area contributed by atoms with Crippen LogP contribution in [0, 0.1) is 0 Å². The molecule has 0 heterocycles. The van der Waals surface area contributed by atoms with Crippen molar-refractivity contribution in [2.24, 2.45) is 0 Å². The molecule has 2 aromatic carbocycles. The molecule has 0 aromatic heterocycles. The van der Waals surface area contributed by atoms with Crippen molar-refractivity contribution in [1.29, 1.82) is 0 Å². The first-order valence-corrected chi connectivity index (χ1v) is 7.60. The molecule has 4 nitrogen and oxygen atoms in total. The van der Waals surface area contributed by atoms with Crippen LogP contribution < -0.4 is 0 Å². The van der Waals surface area contributed by atoms with Crippen molar-refractivity contribution in [1.82, 2.24) is 0 Å². The van der Waals surface area contributed by atoms with Crippen LogP contribution in [-0.2, 0) is 15.0 Å². The van der Waals surface area contributed by atoms with E-state index in [4.69, 9.17) is 46.4 Å². The van der Waals surface area contributed by atoms with Crippen LogP contribution in [-0.4, -0.2) is 22.2 Å². The third-order valence-electron chi connectivity index (χ3n) is 3.31. The van der Waals surface area contributed by atoms with E-state index < -0.39 is 17.4 Å². The van der Waals surface area contributed by atoms with Gasteiger partial charge < -0.3 is 10.2 Å². The number of carboxylic acid groups (broad SMARTS) is 2. The monoisotopic (exact) mass is 392 g/mol. The van der Waals surface area contributed by atoms with Crippen LogP contribution in [0.1, 0.15) is 11.1 Å². The number of hydrogen-bond donors (Lipinski definition) is 2. The maximum absolute atomic E-state index is 12.0. The number of benzene rings is 2. The van der Waals surface area contributed by atoms with Crippen LogP contribution in [0.5, 0.6) is 0 Å². The lowest BCUT2D eigenvalue weighted by Crippen LogP contribution is -2.45. The van der Waals surface area contributed by atoms with Gasteiger partial charge in [-0.15, -0.1) is 0 Å². The van der Waals surface area contributed by atoms with E-state index in [0.717, 1.165) is 0 Å². The fraction of sp³-hybridized carbons (Fsp3) is 0.0667. The highest BCUT2D eigenvalue weighted by molar-refractivity contribution is 6.37. The van der Waals surface area contributed by atoms with Crippen molar-refractivity contribution in [3.63, 3.8) is 0 Å². The van der Waals surface area contributed by atoms with Crippen molar-refractivity contribution in [3.05, 3.63) is 67.6 Å². The SMILES string of the molecule is O=C(O)C(C(=O)O)(c1ccc(Cl)cc1Cl)c1ccc(Cl)cc1Cl. The molecule has 120 valence electrons. The Bertz CT molecular complexity index is 737. The molecule has 0 fully saturated rings. The Kier molecular flexibility index (Phi) is 5.11. The molecule has 0 saturated carbocycles. The van der Waals surface area contributed by atoms with Crippen LogP contribution in [0.3, 0.4) is 0 Å². The zero-order valence-electron chi connectivity index (χ0n) is 11.2. The molecule has 2 N–H and O–H groups in total. The second-order valence-corrected chi connectivity index (χ2v) is 6.30. The molecular formula is C15H8Cl4O4. The molecule has 0 spiro atoms. The second-order valence-electron chi connectivity index (χ2n) is 4.61. The molecule has 0 aliphatic carbocycles. The third-order valence-corrected chi connectivity index (χ3v) is 4.41. The molecule has 0 radical (unpaired) electrons. The summed E-state index contributed by atoms with van der Waals surface area (Å²) in [5.74, 6) is -3.28. The maximum atomic E-state index is 12.0. The first kappa shape index (κ1) is 17.9. The summed E-state index contributed by atoms with van der Waals surface area (Å²) >= 11 is 23.7. The molecule has 0 amide bonds. The summed E-state index contributed by atoms with van der Waals surface area (Å²) in [6.07, 6.45) is 0. The van der Waals surface area contributed by atoms with Crippen LogP contribution in [0.2, 0.25) is 20.1 Å². The Hall–Kier alpha value is -1.46. The van der Waals surface area contributed by atoms with Gasteiger partial charge in [0.25, 0.3) is 0 Å². The van der Waals surface area contributed by atoms with Gasteiger partial charge in [-0.05, 0) is 24.3 Å². The molecule has 23 heavy (non-hydrogen) atoms. The molecule has 2 aromatic rings. The van der Waals surface area contributed by atoms with E-state index in [9.17, 15) is 19.8 Å². The van der Waals surface area contributed by atoms with Crippen molar-refractivity contribution in [2.45, 2.75) is 5.41 Å². The lowest BCUT2D eigenvalue weighted by atomic mass is 9.74. The normalized spacial score (nSPS) is 11.3.